The van der Waals surface area contributed by atoms with E-state index in [1.165, 1.54) is 18.4 Å². The van der Waals surface area contributed by atoms with E-state index in [2.05, 4.69) is 20.0 Å². The molecular formula is C13H15N3O2S. The minimum absolute atomic E-state index is 0.194. The third kappa shape index (κ3) is 3.29. The summed E-state index contributed by atoms with van der Waals surface area (Å²) in [7, 11) is 1.37. The monoisotopic (exact) mass is 277 g/mol. The van der Waals surface area contributed by atoms with Crippen molar-refractivity contribution in [3.8, 4) is 0 Å². The van der Waals surface area contributed by atoms with Gasteiger partial charge in [-0.05, 0) is 25.5 Å². The predicted octanol–water partition coefficient (Wildman–Crippen LogP) is 2.61. The second kappa shape index (κ2) is 5.79. The third-order valence-electron chi connectivity index (χ3n) is 2.69. The summed E-state index contributed by atoms with van der Waals surface area (Å²) in [4.78, 5) is 19.8. The van der Waals surface area contributed by atoms with Gasteiger partial charge in [0.25, 0.3) is 0 Å². The highest BCUT2D eigenvalue weighted by molar-refractivity contribution is 7.13. The Hall–Kier alpha value is -1.95. The van der Waals surface area contributed by atoms with Crippen LogP contribution in [-0.4, -0.2) is 23.0 Å². The standard InChI is InChI=1S/C13H15N3O2S/c1-8-4-5-14-9(2)12(8)16-13-15-10(7-19-13)6-11(17)18-3/h4-5,7H,6H2,1-3H3,(H,15,16). The Bertz CT molecular complexity index is 575. The van der Waals surface area contributed by atoms with Crippen molar-refractivity contribution in [1.29, 1.82) is 0 Å². The highest BCUT2D eigenvalue weighted by Gasteiger charge is 2.09. The lowest BCUT2D eigenvalue weighted by Crippen LogP contribution is -2.05. The molecule has 0 saturated carbocycles. The normalized spacial score (nSPS) is 10.3. The van der Waals surface area contributed by atoms with E-state index in [0.29, 0.717) is 5.69 Å². The average Bonchev–Trinajstić information content (AvgIpc) is 2.81. The number of aromatic nitrogens is 2. The highest BCUT2D eigenvalue weighted by Crippen LogP contribution is 2.25. The van der Waals surface area contributed by atoms with Crippen LogP contribution in [0.3, 0.4) is 0 Å². The fraction of sp³-hybridized carbons (Fsp3) is 0.308. The molecule has 0 aromatic carbocycles. The number of anilines is 2. The predicted molar refractivity (Wildman–Crippen MR) is 74.8 cm³/mol. The van der Waals surface area contributed by atoms with Gasteiger partial charge in [-0.3, -0.25) is 9.78 Å². The quantitative estimate of drug-likeness (QED) is 0.870. The molecule has 2 aromatic heterocycles. The number of nitrogens with one attached hydrogen (secondary N) is 1. The number of ether oxygens (including phenoxy) is 1. The van der Waals surface area contributed by atoms with Gasteiger partial charge in [0.2, 0.25) is 0 Å². The highest BCUT2D eigenvalue weighted by atomic mass is 32.1. The van der Waals surface area contributed by atoms with Crippen molar-refractivity contribution in [2.45, 2.75) is 20.3 Å². The van der Waals surface area contributed by atoms with E-state index in [9.17, 15) is 4.79 Å². The van der Waals surface area contributed by atoms with Crippen LogP contribution >= 0.6 is 11.3 Å². The van der Waals surface area contributed by atoms with E-state index in [1.54, 1.807) is 6.20 Å². The van der Waals surface area contributed by atoms with Crippen molar-refractivity contribution in [3.63, 3.8) is 0 Å². The molecule has 0 amide bonds. The number of esters is 1. The Morgan fingerprint density at radius 2 is 2.26 bits per heavy atom. The summed E-state index contributed by atoms with van der Waals surface area (Å²) in [6.07, 6.45) is 1.97. The van der Waals surface area contributed by atoms with Crippen molar-refractivity contribution in [1.82, 2.24) is 9.97 Å². The Labute approximate surface area is 115 Å². The van der Waals surface area contributed by atoms with Crippen LogP contribution in [0.25, 0.3) is 0 Å². The Balaban J connectivity index is 2.14. The van der Waals surface area contributed by atoms with E-state index in [4.69, 9.17) is 0 Å². The van der Waals surface area contributed by atoms with E-state index in [1.807, 2.05) is 25.3 Å². The lowest BCUT2D eigenvalue weighted by atomic mass is 10.2. The van der Waals surface area contributed by atoms with Crippen LogP contribution in [0.5, 0.6) is 0 Å². The van der Waals surface area contributed by atoms with Crippen LogP contribution in [0, 0.1) is 13.8 Å². The van der Waals surface area contributed by atoms with Crippen molar-refractivity contribution in [2.75, 3.05) is 12.4 Å². The van der Waals surface area contributed by atoms with Gasteiger partial charge < -0.3 is 10.1 Å². The number of nitrogens with zero attached hydrogens (tertiary/aromatic N) is 2. The number of carbonyl (C=O) groups excluding carboxylic acids is 1. The fourth-order valence-corrected chi connectivity index (χ4v) is 2.37. The van der Waals surface area contributed by atoms with Gasteiger partial charge in [0.1, 0.15) is 0 Å². The second-order valence-corrected chi connectivity index (χ2v) is 4.97. The molecule has 0 aliphatic heterocycles. The minimum atomic E-state index is -0.286. The van der Waals surface area contributed by atoms with E-state index in [-0.39, 0.29) is 12.4 Å². The molecule has 0 atom stereocenters. The van der Waals surface area contributed by atoms with Crippen LogP contribution in [-0.2, 0) is 16.0 Å². The van der Waals surface area contributed by atoms with Crippen molar-refractivity contribution < 1.29 is 9.53 Å². The number of rotatable bonds is 4. The van der Waals surface area contributed by atoms with Gasteiger partial charge in [-0.15, -0.1) is 11.3 Å². The molecule has 0 bridgehead atoms. The van der Waals surface area contributed by atoms with Crippen LogP contribution in [0.1, 0.15) is 17.0 Å². The van der Waals surface area contributed by atoms with Crippen molar-refractivity contribution in [2.24, 2.45) is 0 Å². The summed E-state index contributed by atoms with van der Waals surface area (Å²) in [6.45, 7) is 3.96. The first kappa shape index (κ1) is 13.5. The molecule has 0 fully saturated rings. The molecule has 1 N–H and O–H groups in total. The zero-order chi connectivity index (χ0) is 13.8. The molecule has 2 aromatic rings. The van der Waals surface area contributed by atoms with Gasteiger partial charge >= 0.3 is 5.97 Å². The summed E-state index contributed by atoms with van der Waals surface area (Å²) in [6, 6.07) is 1.94. The maximum Gasteiger partial charge on any atom is 0.311 e. The first-order chi connectivity index (χ1) is 9.10. The molecule has 0 unspecified atom stereocenters. The molecule has 0 spiro atoms. The van der Waals surface area contributed by atoms with Crippen molar-refractivity contribution >= 4 is 28.1 Å². The number of hydrogen-bond acceptors (Lipinski definition) is 6. The van der Waals surface area contributed by atoms with E-state index in [0.717, 1.165) is 22.1 Å². The Morgan fingerprint density at radius 1 is 1.47 bits per heavy atom. The van der Waals surface area contributed by atoms with Crippen molar-refractivity contribution in [3.05, 3.63) is 34.6 Å². The molecule has 5 nitrogen and oxygen atoms in total. The second-order valence-electron chi connectivity index (χ2n) is 4.11. The largest absolute Gasteiger partial charge is 0.469 e. The molecule has 19 heavy (non-hydrogen) atoms. The maximum atomic E-state index is 11.2. The number of aryl methyl sites for hydroxylation is 2. The number of thiazole rings is 1. The molecule has 0 radical (unpaired) electrons. The SMILES string of the molecule is COC(=O)Cc1csc(Nc2c(C)ccnc2C)n1. The number of pyridine rings is 1. The first-order valence-corrected chi connectivity index (χ1v) is 6.68. The van der Waals surface area contributed by atoms with Gasteiger partial charge in [0, 0.05) is 11.6 Å². The number of hydrogen-bond donors (Lipinski definition) is 1. The van der Waals surface area contributed by atoms with Crippen LogP contribution < -0.4 is 5.32 Å². The maximum absolute atomic E-state index is 11.2. The summed E-state index contributed by atoms with van der Waals surface area (Å²) < 4.78 is 4.62. The summed E-state index contributed by atoms with van der Waals surface area (Å²) in [5.74, 6) is -0.286. The number of carbonyl (C=O) groups is 1. The molecule has 0 saturated heterocycles. The van der Waals surface area contributed by atoms with Crippen LogP contribution in [0.15, 0.2) is 17.6 Å². The molecular weight excluding hydrogens is 262 g/mol. The molecule has 0 aliphatic rings. The van der Waals surface area contributed by atoms with Gasteiger partial charge in [-0.25, -0.2) is 4.98 Å². The molecule has 0 aliphatic carbocycles. The van der Waals surface area contributed by atoms with Gasteiger partial charge in [-0.1, -0.05) is 0 Å². The van der Waals surface area contributed by atoms with Gasteiger partial charge in [-0.2, -0.15) is 0 Å². The Morgan fingerprint density at radius 3 is 2.95 bits per heavy atom. The summed E-state index contributed by atoms with van der Waals surface area (Å²) >= 11 is 1.46. The fourth-order valence-electron chi connectivity index (χ4n) is 1.66. The van der Waals surface area contributed by atoms with E-state index < -0.39 is 0 Å². The average molecular weight is 277 g/mol. The first-order valence-electron chi connectivity index (χ1n) is 5.80. The zero-order valence-electron chi connectivity index (χ0n) is 11.1. The van der Waals surface area contributed by atoms with Gasteiger partial charge in [0.05, 0.1) is 30.6 Å². The van der Waals surface area contributed by atoms with Crippen LogP contribution in [0.4, 0.5) is 10.8 Å². The molecule has 100 valence electrons. The third-order valence-corrected chi connectivity index (χ3v) is 3.49. The lowest BCUT2D eigenvalue weighted by molar-refractivity contribution is -0.139. The zero-order valence-corrected chi connectivity index (χ0v) is 11.9. The molecule has 2 heterocycles. The van der Waals surface area contributed by atoms with Crippen LogP contribution in [0.2, 0.25) is 0 Å². The molecule has 6 heteroatoms. The Kier molecular flexibility index (Phi) is 4.11. The smallest absolute Gasteiger partial charge is 0.311 e. The lowest BCUT2D eigenvalue weighted by Gasteiger charge is -2.08. The minimum Gasteiger partial charge on any atom is -0.469 e. The van der Waals surface area contributed by atoms with E-state index >= 15 is 0 Å². The van der Waals surface area contributed by atoms with Gasteiger partial charge in [0.15, 0.2) is 5.13 Å². The number of methoxy groups -OCH3 is 1. The summed E-state index contributed by atoms with van der Waals surface area (Å²) in [5, 5.41) is 5.84. The topological polar surface area (TPSA) is 64.1 Å². The molecule has 2 rings (SSSR count). The summed E-state index contributed by atoms with van der Waals surface area (Å²) in [5.41, 5.74) is 3.70.